The standard InChI is InChI=1S/C23H21N3O4S/c1-15(27)26(20-10-6-7-11-21(20)29-3)23-24-16(14-31-23)13-30-22(28)18-12-25(2)19-9-5-4-8-17(18)19/h4-12,14H,13H2,1-3H3. The molecule has 8 heteroatoms. The monoisotopic (exact) mass is 435 g/mol. The number of aromatic nitrogens is 2. The zero-order valence-electron chi connectivity index (χ0n) is 17.4. The SMILES string of the molecule is COc1ccccc1N(C(C)=O)c1nc(COC(=O)c2cn(C)c3ccccc23)cs1. The third kappa shape index (κ3) is 4.02. The molecule has 4 rings (SSSR count). The number of methoxy groups -OCH3 is 1. The molecule has 0 aliphatic heterocycles. The Morgan fingerprint density at radius 2 is 1.87 bits per heavy atom. The number of hydrogen-bond donors (Lipinski definition) is 0. The van der Waals surface area contributed by atoms with E-state index < -0.39 is 5.97 Å². The second-order valence-corrected chi connectivity index (χ2v) is 7.73. The molecule has 0 atom stereocenters. The lowest BCUT2D eigenvalue weighted by Gasteiger charge is -2.20. The number of nitrogens with zero attached hydrogens (tertiary/aromatic N) is 3. The molecule has 2 heterocycles. The molecule has 0 aliphatic carbocycles. The van der Waals surface area contributed by atoms with Gasteiger partial charge in [-0.1, -0.05) is 30.3 Å². The summed E-state index contributed by atoms with van der Waals surface area (Å²) in [4.78, 5) is 31.0. The first-order chi connectivity index (χ1) is 15.0. The van der Waals surface area contributed by atoms with E-state index in [-0.39, 0.29) is 12.5 Å². The molecule has 0 bridgehead atoms. The van der Waals surface area contributed by atoms with Crippen molar-refractivity contribution in [3.63, 3.8) is 0 Å². The number of ether oxygens (including phenoxy) is 2. The second-order valence-electron chi connectivity index (χ2n) is 6.89. The van der Waals surface area contributed by atoms with Crippen LogP contribution < -0.4 is 9.64 Å². The number of anilines is 2. The van der Waals surface area contributed by atoms with Gasteiger partial charge in [0.2, 0.25) is 5.91 Å². The molecule has 0 spiro atoms. The van der Waals surface area contributed by atoms with Gasteiger partial charge in [-0.15, -0.1) is 11.3 Å². The largest absolute Gasteiger partial charge is 0.495 e. The van der Waals surface area contributed by atoms with Gasteiger partial charge in [0.15, 0.2) is 5.13 Å². The molecule has 158 valence electrons. The quantitative estimate of drug-likeness (QED) is 0.411. The first kappa shape index (κ1) is 20.6. The minimum absolute atomic E-state index is 0.0101. The second kappa shape index (κ2) is 8.61. The van der Waals surface area contributed by atoms with Crippen LogP contribution >= 0.6 is 11.3 Å². The van der Waals surface area contributed by atoms with Crippen molar-refractivity contribution in [1.82, 2.24) is 9.55 Å². The van der Waals surface area contributed by atoms with Crippen molar-refractivity contribution in [2.75, 3.05) is 12.0 Å². The summed E-state index contributed by atoms with van der Waals surface area (Å²) in [6, 6.07) is 14.9. The van der Waals surface area contributed by atoms with Crippen molar-refractivity contribution < 1.29 is 19.1 Å². The number of para-hydroxylation sites is 3. The van der Waals surface area contributed by atoms with Crippen LogP contribution in [-0.4, -0.2) is 28.5 Å². The Hall–Kier alpha value is -3.65. The lowest BCUT2D eigenvalue weighted by Crippen LogP contribution is -2.23. The fourth-order valence-corrected chi connectivity index (χ4v) is 4.27. The molecular weight excluding hydrogens is 414 g/mol. The van der Waals surface area contributed by atoms with Gasteiger partial charge >= 0.3 is 5.97 Å². The number of fused-ring (bicyclic) bond motifs is 1. The maximum atomic E-state index is 12.7. The van der Waals surface area contributed by atoms with Crippen LogP contribution in [0.15, 0.2) is 60.1 Å². The van der Waals surface area contributed by atoms with Crippen LogP contribution in [0.4, 0.5) is 10.8 Å². The van der Waals surface area contributed by atoms with E-state index in [0.717, 1.165) is 10.9 Å². The topological polar surface area (TPSA) is 73.7 Å². The molecule has 0 aliphatic rings. The van der Waals surface area contributed by atoms with Gasteiger partial charge in [-0.25, -0.2) is 9.78 Å². The number of carbonyl (C=O) groups excluding carboxylic acids is 2. The first-order valence-electron chi connectivity index (χ1n) is 9.59. The van der Waals surface area contributed by atoms with Crippen molar-refractivity contribution in [2.45, 2.75) is 13.5 Å². The average Bonchev–Trinajstić information content (AvgIpc) is 3.37. The lowest BCUT2D eigenvalue weighted by molar-refractivity contribution is -0.115. The molecule has 31 heavy (non-hydrogen) atoms. The van der Waals surface area contributed by atoms with Crippen LogP contribution in [0.5, 0.6) is 5.75 Å². The normalized spacial score (nSPS) is 10.8. The van der Waals surface area contributed by atoms with Gasteiger partial charge < -0.3 is 14.0 Å². The van der Waals surface area contributed by atoms with Crippen molar-refractivity contribution >= 4 is 44.9 Å². The maximum absolute atomic E-state index is 12.7. The molecule has 7 nitrogen and oxygen atoms in total. The molecule has 1 amide bonds. The third-order valence-corrected chi connectivity index (χ3v) is 5.71. The fourth-order valence-electron chi connectivity index (χ4n) is 3.41. The highest BCUT2D eigenvalue weighted by molar-refractivity contribution is 7.14. The number of rotatable bonds is 6. The average molecular weight is 436 g/mol. The van der Waals surface area contributed by atoms with Gasteiger partial charge in [0.1, 0.15) is 12.4 Å². The summed E-state index contributed by atoms with van der Waals surface area (Å²) in [6.45, 7) is 1.48. The van der Waals surface area contributed by atoms with Gasteiger partial charge in [0.25, 0.3) is 0 Å². The zero-order valence-corrected chi connectivity index (χ0v) is 18.2. The fraction of sp³-hybridized carbons (Fsp3) is 0.174. The van der Waals surface area contributed by atoms with Crippen LogP contribution in [0.1, 0.15) is 23.0 Å². The van der Waals surface area contributed by atoms with E-state index >= 15 is 0 Å². The maximum Gasteiger partial charge on any atom is 0.340 e. The van der Waals surface area contributed by atoms with Crippen LogP contribution in [0, 0.1) is 0 Å². The van der Waals surface area contributed by atoms with E-state index in [0.29, 0.717) is 27.8 Å². The summed E-state index contributed by atoms with van der Waals surface area (Å²) in [7, 11) is 3.44. The van der Waals surface area contributed by atoms with Crippen molar-refractivity contribution in [3.05, 3.63) is 71.4 Å². The summed E-state index contributed by atoms with van der Waals surface area (Å²) in [5.41, 5.74) is 2.63. The van der Waals surface area contributed by atoms with Crippen LogP contribution in [0.2, 0.25) is 0 Å². The molecule has 0 N–H and O–H groups in total. The Morgan fingerprint density at radius 1 is 1.13 bits per heavy atom. The molecule has 0 saturated carbocycles. The molecule has 4 aromatic rings. The van der Waals surface area contributed by atoms with Gasteiger partial charge in [0, 0.05) is 36.5 Å². The van der Waals surface area contributed by atoms with E-state index in [9.17, 15) is 9.59 Å². The number of benzene rings is 2. The van der Waals surface area contributed by atoms with E-state index in [1.54, 1.807) is 30.8 Å². The van der Waals surface area contributed by atoms with Gasteiger partial charge in [-0.3, -0.25) is 9.69 Å². The van der Waals surface area contributed by atoms with Gasteiger partial charge in [-0.2, -0.15) is 0 Å². The Balaban J connectivity index is 1.53. The highest BCUT2D eigenvalue weighted by atomic mass is 32.1. The summed E-state index contributed by atoms with van der Waals surface area (Å²) in [5.74, 6) is -0.0468. The smallest absolute Gasteiger partial charge is 0.340 e. The van der Waals surface area contributed by atoms with E-state index in [1.165, 1.54) is 23.2 Å². The predicted octanol–water partition coefficient (Wildman–Crippen LogP) is 4.69. The van der Waals surface area contributed by atoms with Gasteiger partial charge in [0.05, 0.1) is 24.1 Å². The van der Waals surface area contributed by atoms with Crippen LogP contribution in [-0.2, 0) is 23.2 Å². The Labute approximate surface area is 183 Å². The van der Waals surface area contributed by atoms with Crippen LogP contribution in [0.3, 0.4) is 0 Å². The van der Waals surface area contributed by atoms with Crippen molar-refractivity contribution in [3.8, 4) is 5.75 Å². The molecule has 2 aromatic heterocycles. The lowest BCUT2D eigenvalue weighted by atomic mass is 10.2. The van der Waals surface area contributed by atoms with Crippen molar-refractivity contribution in [2.24, 2.45) is 7.05 Å². The van der Waals surface area contributed by atoms with Crippen LogP contribution in [0.25, 0.3) is 10.9 Å². The minimum Gasteiger partial charge on any atom is -0.495 e. The molecule has 0 unspecified atom stereocenters. The molecule has 2 aromatic carbocycles. The molecule has 0 fully saturated rings. The summed E-state index contributed by atoms with van der Waals surface area (Å²) < 4.78 is 12.8. The van der Waals surface area contributed by atoms with Gasteiger partial charge in [-0.05, 0) is 18.2 Å². The number of esters is 1. The Bertz CT molecular complexity index is 1260. The highest BCUT2D eigenvalue weighted by Gasteiger charge is 2.22. The first-order valence-corrected chi connectivity index (χ1v) is 10.5. The number of aryl methyl sites for hydroxylation is 1. The highest BCUT2D eigenvalue weighted by Crippen LogP contribution is 2.35. The number of carbonyl (C=O) groups is 2. The molecule has 0 saturated heterocycles. The summed E-state index contributed by atoms with van der Waals surface area (Å²) in [6.07, 6.45) is 1.76. The molecule has 0 radical (unpaired) electrons. The third-order valence-electron chi connectivity index (χ3n) is 4.84. The zero-order chi connectivity index (χ0) is 22.0. The number of amides is 1. The number of thiazole rings is 1. The Morgan fingerprint density at radius 3 is 2.65 bits per heavy atom. The molecular formula is C23H21N3O4S. The summed E-state index contributed by atoms with van der Waals surface area (Å²) >= 11 is 1.30. The Kier molecular flexibility index (Phi) is 5.73. The minimum atomic E-state index is -0.417. The summed E-state index contributed by atoms with van der Waals surface area (Å²) in [5, 5.41) is 3.10. The van der Waals surface area contributed by atoms with E-state index in [1.807, 2.05) is 48.0 Å². The van der Waals surface area contributed by atoms with Crippen molar-refractivity contribution in [1.29, 1.82) is 0 Å². The predicted molar refractivity (Wildman–Crippen MR) is 120 cm³/mol. The van der Waals surface area contributed by atoms with E-state index in [2.05, 4.69) is 4.98 Å². The number of hydrogen-bond acceptors (Lipinski definition) is 6. The van der Waals surface area contributed by atoms with E-state index in [4.69, 9.17) is 9.47 Å².